The fraction of sp³-hybridized carbons (Fsp3) is 0.294. The lowest BCUT2D eigenvalue weighted by atomic mass is 10.0. The summed E-state index contributed by atoms with van der Waals surface area (Å²) in [5.41, 5.74) is 3.03. The topological polar surface area (TPSA) is 58.2 Å². The SMILES string of the molecule is Cc1ccccc1CC(C)NC(=O)CNC(=O)c1ccsc1. The van der Waals surface area contributed by atoms with Crippen molar-refractivity contribution >= 4 is 23.2 Å². The van der Waals surface area contributed by atoms with E-state index >= 15 is 0 Å². The van der Waals surface area contributed by atoms with Gasteiger partial charge in [0.2, 0.25) is 5.91 Å². The maximum absolute atomic E-state index is 11.9. The van der Waals surface area contributed by atoms with Crippen LogP contribution in [0.3, 0.4) is 0 Å². The summed E-state index contributed by atoms with van der Waals surface area (Å²) in [5, 5.41) is 9.12. The number of nitrogens with one attached hydrogen (secondary N) is 2. The molecule has 1 unspecified atom stereocenters. The van der Waals surface area contributed by atoms with Crippen LogP contribution in [0.15, 0.2) is 41.1 Å². The molecule has 1 heterocycles. The van der Waals surface area contributed by atoms with Crippen LogP contribution in [0.5, 0.6) is 0 Å². The number of amides is 2. The third-order valence-electron chi connectivity index (χ3n) is 3.39. The minimum atomic E-state index is -0.219. The number of aryl methyl sites for hydroxylation is 1. The molecule has 0 radical (unpaired) electrons. The standard InChI is InChI=1S/C17H20N2O2S/c1-12-5-3-4-6-14(12)9-13(2)19-16(20)10-18-17(21)15-7-8-22-11-15/h3-8,11,13H,9-10H2,1-2H3,(H,18,21)(H,19,20). The molecular formula is C17H20N2O2S. The number of carbonyl (C=O) groups is 2. The van der Waals surface area contributed by atoms with Gasteiger partial charge >= 0.3 is 0 Å². The lowest BCUT2D eigenvalue weighted by Crippen LogP contribution is -2.41. The Kier molecular flexibility index (Phi) is 5.72. The second-order valence-corrected chi connectivity index (χ2v) is 6.07. The maximum atomic E-state index is 11.9. The molecule has 0 fully saturated rings. The highest BCUT2D eigenvalue weighted by Crippen LogP contribution is 2.09. The average Bonchev–Trinajstić information content (AvgIpc) is 3.01. The zero-order chi connectivity index (χ0) is 15.9. The van der Waals surface area contributed by atoms with Crippen LogP contribution in [-0.2, 0) is 11.2 Å². The number of carbonyl (C=O) groups excluding carboxylic acids is 2. The number of rotatable bonds is 6. The summed E-state index contributed by atoms with van der Waals surface area (Å²) in [7, 11) is 0. The number of thiophene rings is 1. The molecule has 1 aromatic heterocycles. The van der Waals surface area contributed by atoms with Crippen LogP contribution in [0.4, 0.5) is 0 Å². The van der Waals surface area contributed by atoms with Gasteiger partial charge in [0.15, 0.2) is 0 Å². The normalized spacial score (nSPS) is 11.7. The van der Waals surface area contributed by atoms with Gasteiger partial charge in [-0.3, -0.25) is 9.59 Å². The Balaban J connectivity index is 1.77. The molecule has 2 N–H and O–H groups in total. The second-order valence-electron chi connectivity index (χ2n) is 5.29. The Morgan fingerprint density at radius 1 is 1.23 bits per heavy atom. The number of benzene rings is 1. The molecule has 0 spiro atoms. The molecule has 0 aliphatic heterocycles. The van der Waals surface area contributed by atoms with Crippen LogP contribution >= 0.6 is 11.3 Å². The van der Waals surface area contributed by atoms with Crippen LogP contribution in [-0.4, -0.2) is 24.4 Å². The smallest absolute Gasteiger partial charge is 0.252 e. The molecule has 5 heteroatoms. The van der Waals surface area contributed by atoms with E-state index in [1.165, 1.54) is 22.5 Å². The van der Waals surface area contributed by atoms with Crippen LogP contribution in [0.25, 0.3) is 0 Å². The first-order valence-electron chi connectivity index (χ1n) is 7.20. The first kappa shape index (κ1) is 16.2. The van der Waals surface area contributed by atoms with Crippen molar-refractivity contribution in [2.45, 2.75) is 26.3 Å². The van der Waals surface area contributed by atoms with Gasteiger partial charge in [-0.05, 0) is 42.8 Å². The summed E-state index contributed by atoms with van der Waals surface area (Å²) >= 11 is 1.45. The molecule has 2 aromatic rings. The third-order valence-corrected chi connectivity index (χ3v) is 4.07. The van der Waals surface area contributed by atoms with Gasteiger partial charge in [0, 0.05) is 17.0 Å². The lowest BCUT2D eigenvalue weighted by Gasteiger charge is -2.15. The fourth-order valence-electron chi connectivity index (χ4n) is 2.20. The van der Waals surface area contributed by atoms with E-state index in [2.05, 4.69) is 29.7 Å². The monoisotopic (exact) mass is 316 g/mol. The van der Waals surface area contributed by atoms with Crippen molar-refractivity contribution in [2.75, 3.05) is 6.54 Å². The largest absolute Gasteiger partial charge is 0.352 e. The van der Waals surface area contributed by atoms with Gasteiger partial charge in [-0.25, -0.2) is 0 Å². The van der Waals surface area contributed by atoms with Gasteiger partial charge in [0.25, 0.3) is 5.91 Å². The molecule has 0 aliphatic carbocycles. The van der Waals surface area contributed by atoms with Crippen molar-refractivity contribution in [3.8, 4) is 0 Å². The van der Waals surface area contributed by atoms with Crippen molar-refractivity contribution in [2.24, 2.45) is 0 Å². The van der Waals surface area contributed by atoms with E-state index in [0.717, 1.165) is 6.42 Å². The minimum Gasteiger partial charge on any atom is -0.352 e. The van der Waals surface area contributed by atoms with Crippen LogP contribution in [0, 0.1) is 6.92 Å². The van der Waals surface area contributed by atoms with Crippen LogP contribution in [0.1, 0.15) is 28.4 Å². The molecule has 116 valence electrons. The molecule has 0 bridgehead atoms. The highest BCUT2D eigenvalue weighted by molar-refractivity contribution is 7.08. The van der Waals surface area contributed by atoms with Gasteiger partial charge in [-0.15, -0.1) is 0 Å². The Morgan fingerprint density at radius 2 is 2.00 bits per heavy atom. The van der Waals surface area contributed by atoms with Crippen molar-refractivity contribution in [1.29, 1.82) is 0 Å². The summed E-state index contributed by atoms with van der Waals surface area (Å²) in [5.74, 6) is -0.396. The van der Waals surface area contributed by atoms with Crippen LogP contribution < -0.4 is 10.6 Å². The Labute approximate surface area is 134 Å². The molecule has 2 rings (SSSR count). The van der Waals surface area contributed by atoms with Crippen molar-refractivity contribution < 1.29 is 9.59 Å². The molecule has 1 aromatic carbocycles. The Morgan fingerprint density at radius 3 is 2.68 bits per heavy atom. The highest BCUT2D eigenvalue weighted by atomic mass is 32.1. The van der Waals surface area contributed by atoms with Crippen molar-refractivity contribution in [1.82, 2.24) is 10.6 Å². The van der Waals surface area contributed by atoms with Gasteiger partial charge < -0.3 is 10.6 Å². The summed E-state index contributed by atoms with van der Waals surface area (Å²) in [4.78, 5) is 23.6. The summed E-state index contributed by atoms with van der Waals surface area (Å²) < 4.78 is 0. The second kappa shape index (κ2) is 7.75. The van der Waals surface area contributed by atoms with E-state index in [1.54, 1.807) is 11.4 Å². The molecule has 0 saturated carbocycles. The summed E-state index contributed by atoms with van der Waals surface area (Å²) in [6, 6.07) is 9.88. The van der Waals surface area contributed by atoms with E-state index in [4.69, 9.17) is 0 Å². The molecule has 1 atom stereocenters. The van der Waals surface area contributed by atoms with Gasteiger partial charge in [0.05, 0.1) is 6.54 Å². The fourth-order valence-corrected chi connectivity index (χ4v) is 2.84. The molecule has 2 amide bonds. The van der Waals surface area contributed by atoms with E-state index in [0.29, 0.717) is 5.56 Å². The van der Waals surface area contributed by atoms with Crippen molar-refractivity contribution in [3.05, 3.63) is 57.8 Å². The predicted molar refractivity (Wildman–Crippen MR) is 89.1 cm³/mol. The molecule has 0 aliphatic rings. The quantitative estimate of drug-likeness (QED) is 0.860. The van der Waals surface area contributed by atoms with Gasteiger partial charge in [-0.1, -0.05) is 24.3 Å². The summed E-state index contributed by atoms with van der Waals surface area (Å²) in [6.45, 7) is 4.02. The van der Waals surface area contributed by atoms with E-state index in [9.17, 15) is 9.59 Å². The molecular weight excluding hydrogens is 296 g/mol. The van der Waals surface area contributed by atoms with Gasteiger partial charge in [-0.2, -0.15) is 11.3 Å². The third kappa shape index (κ3) is 4.70. The van der Waals surface area contributed by atoms with Crippen LogP contribution in [0.2, 0.25) is 0 Å². The maximum Gasteiger partial charge on any atom is 0.252 e. The first-order valence-corrected chi connectivity index (χ1v) is 8.15. The van der Waals surface area contributed by atoms with E-state index in [1.807, 2.05) is 24.4 Å². The average molecular weight is 316 g/mol. The Hall–Kier alpha value is -2.14. The first-order chi connectivity index (χ1) is 10.6. The lowest BCUT2D eigenvalue weighted by molar-refractivity contribution is -0.120. The highest BCUT2D eigenvalue weighted by Gasteiger charge is 2.11. The van der Waals surface area contributed by atoms with Crippen molar-refractivity contribution in [3.63, 3.8) is 0 Å². The van der Waals surface area contributed by atoms with E-state index in [-0.39, 0.29) is 24.4 Å². The number of hydrogen-bond donors (Lipinski definition) is 2. The Bertz CT molecular complexity index is 638. The van der Waals surface area contributed by atoms with E-state index < -0.39 is 0 Å². The molecule has 22 heavy (non-hydrogen) atoms. The zero-order valence-electron chi connectivity index (χ0n) is 12.8. The number of hydrogen-bond acceptors (Lipinski definition) is 3. The molecule has 4 nitrogen and oxygen atoms in total. The minimum absolute atomic E-state index is 0.00715. The zero-order valence-corrected chi connectivity index (χ0v) is 13.6. The van der Waals surface area contributed by atoms with Gasteiger partial charge in [0.1, 0.15) is 0 Å². The predicted octanol–water partition coefficient (Wildman–Crippen LogP) is 2.53. The summed E-state index contributed by atoms with van der Waals surface area (Å²) in [6.07, 6.45) is 0.775. The molecule has 0 saturated heterocycles.